The summed E-state index contributed by atoms with van der Waals surface area (Å²) < 4.78 is 25.2. The number of carboxylic acids is 1. The number of rotatable bonds is 3. The summed E-state index contributed by atoms with van der Waals surface area (Å²) in [5.41, 5.74) is 0.479. The number of anilines is 1. The fraction of sp³-hybridized carbons (Fsp3) is 0.455. The van der Waals surface area contributed by atoms with E-state index in [1.807, 2.05) is 0 Å². The van der Waals surface area contributed by atoms with Crippen molar-refractivity contribution in [2.45, 2.75) is 12.5 Å². The van der Waals surface area contributed by atoms with E-state index in [9.17, 15) is 13.2 Å². The zero-order chi connectivity index (χ0) is 15.0. The van der Waals surface area contributed by atoms with Gasteiger partial charge in [0.25, 0.3) is 0 Å². The number of aliphatic carboxylic acids is 1. The monoisotopic (exact) mass is 311 g/mol. The van der Waals surface area contributed by atoms with Crippen LogP contribution in [0.15, 0.2) is 18.7 Å². The molecule has 1 aliphatic rings. The molecule has 21 heavy (non-hydrogen) atoms. The van der Waals surface area contributed by atoms with E-state index in [0.717, 1.165) is 0 Å². The molecule has 1 N–H and O–H groups in total. The lowest BCUT2D eigenvalue weighted by molar-refractivity contribution is -0.137. The standard InChI is InChI=1S/C11H13N5O4S/c17-9(18)5-8-6-21(19,20)4-3-16(8)10-11-14-13-7-15(11)2-1-12-10/h1-2,7-8H,3-6H2,(H,17,18). The number of carbonyl (C=O) groups is 1. The minimum atomic E-state index is -3.23. The van der Waals surface area contributed by atoms with Crippen LogP contribution >= 0.6 is 0 Å². The van der Waals surface area contributed by atoms with Crippen LogP contribution in [0, 0.1) is 0 Å². The molecule has 3 rings (SSSR count). The number of sulfone groups is 1. The Hall–Kier alpha value is -2.23. The summed E-state index contributed by atoms with van der Waals surface area (Å²) in [6.07, 6.45) is 4.46. The van der Waals surface area contributed by atoms with E-state index in [4.69, 9.17) is 5.11 Å². The molecule has 0 spiro atoms. The molecule has 2 aromatic rings. The van der Waals surface area contributed by atoms with Gasteiger partial charge in [0, 0.05) is 18.9 Å². The summed E-state index contributed by atoms with van der Waals surface area (Å²) in [7, 11) is -3.23. The predicted molar refractivity (Wildman–Crippen MR) is 72.8 cm³/mol. The highest BCUT2D eigenvalue weighted by Crippen LogP contribution is 2.24. The van der Waals surface area contributed by atoms with E-state index < -0.39 is 21.8 Å². The first-order valence-corrected chi connectivity index (χ1v) is 8.11. The maximum absolute atomic E-state index is 11.8. The van der Waals surface area contributed by atoms with Gasteiger partial charge in [-0.25, -0.2) is 13.4 Å². The molecule has 0 saturated carbocycles. The first kappa shape index (κ1) is 13.7. The van der Waals surface area contributed by atoms with E-state index in [1.165, 1.54) is 6.33 Å². The Bertz CT molecular complexity index is 787. The summed E-state index contributed by atoms with van der Waals surface area (Å²) in [6, 6.07) is -0.656. The van der Waals surface area contributed by atoms with E-state index in [2.05, 4.69) is 15.2 Å². The summed E-state index contributed by atoms with van der Waals surface area (Å²) in [5, 5.41) is 16.7. The summed E-state index contributed by atoms with van der Waals surface area (Å²) >= 11 is 0. The van der Waals surface area contributed by atoms with Gasteiger partial charge in [0.2, 0.25) is 5.65 Å². The van der Waals surface area contributed by atoms with Crippen molar-refractivity contribution in [1.82, 2.24) is 19.6 Å². The van der Waals surface area contributed by atoms with Gasteiger partial charge < -0.3 is 10.0 Å². The molecule has 3 heterocycles. The molecule has 0 amide bonds. The maximum atomic E-state index is 11.8. The Labute approximate surface area is 120 Å². The third kappa shape index (κ3) is 2.66. The normalized spacial score (nSPS) is 21.5. The molecule has 10 heteroatoms. The smallest absolute Gasteiger partial charge is 0.305 e. The Balaban J connectivity index is 2.02. The molecule has 0 aliphatic carbocycles. The number of nitrogens with zero attached hydrogens (tertiary/aromatic N) is 5. The van der Waals surface area contributed by atoms with Gasteiger partial charge in [0.1, 0.15) is 6.33 Å². The highest BCUT2D eigenvalue weighted by molar-refractivity contribution is 7.91. The van der Waals surface area contributed by atoms with Crippen LogP contribution in [0.2, 0.25) is 0 Å². The third-order valence-electron chi connectivity index (χ3n) is 3.41. The number of fused-ring (bicyclic) bond motifs is 1. The lowest BCUT2D eigenvalue weighted by atomic mass is 10.2. The number of hydrogen-bond donors (Lipinski definition) is 1. The van der Waals surface area contributed by atoms with Gasteiger partial charge in [-0.1, -0.05) is 0 Å². The largest absolute Gasteiger partial charge is 0.481 e. The average Bonchev–Trinajstić information content (AvgIpc) is 2.85. The topological polar surface area (TPSA) is 118 Å². The Kier molecular flexibility index (Phi) is 3.24. The van der Waals surface area contributed by atoms with Gasteiger partial charge in [-0.05, 0) is 0 Å². The van der Waals surface area contributed by atoms with E-state index >= 15 is 0 Å². The van der Waals surface area contributed by atoms with Gasteiger partial charge in [-0.3, -0.25) is 9.20 Å². The van der Waals surface area contributed by atoms with Crippen LogP contribution in [0.5, 0.6) is 0 Å². The average molecular weight is 311 g/mol. The molecule has 1 fully saturated rings. The summed E-state index contributed by atoms with van der Waals surface area (Å²) in [4.78, 5) is 16.9. The van der Waals surface area contributed by atoms with Crippen molar-refractivity contribution in [1.29, 1.82) is 0 Å². The molecule has 112 valence electrons. The van der Waals surface area contributed by atoms with Crippen LogP contribution in [-0.2, 0) is 14.6 Å². The second kappa shape index (κ2) is 4.95. The molecule has 1 saturated heterocycles. The fourth-order valence-electron chi connectivity index (χ4n) is 2.48. The molecule has 0 radical (unpaired) electrons. The van der Waals surface area contributed by atoms with Crippen molar-refractivity contribution in [3.05, 3.63) is 18.7 Å². The first-order chi connectivity index (χ1) is 9.96. The van der Waals surface area contributed by atoms with Crippen LogP contribution < -0.4 is 4.90 Å². The highest BCUT2D eigenvalue weighted by atomic mass is 32.2. The lowest BCUT2D eigenvalue weighted by Gasteiger charge is -2.35. The quantitative estimate of drug-likeness (QED) is 0.783. The number of hydrogen-bond acceptors (Lipinski definition) is 7. The molecular weight excluding hydrogens is 298 g/mol. The van der Waals surface area contributed by atoms with E-state index in [-0.39, 0.29) is 24.5 Å². The molecule has 2 aromatic heterocycles. The highest BCUT2D eigenvalue weighted by Gasteiger charge is 2.34. The minimum Gasteiger partial charge on any atom is -0.481 e. The van der Waals surface area contributed by atoms with Gasteiger partial charge in [0.15, 0.2) is 15.7 Å². The van der Waals surface area contributed by atoms with E-state index in [1.54, 1.807) is 21.7 Å². The van der Waals surface area contributed by atoms with Gasteiger partial charge in [-0.2, -0.15) is 0 Å². The van der Waals surface area contributed by atoms with E-state index in [0.29, 0.717) is 11.5 Å². The van der Waals surface area contributed by atoms with Gasteiger partial charge in [-0.15, -0.1) is 10.2 Å². The van der Waals surface area contributed by atoms with Crippen LogP contribution in [0.1, 0.15) is 6.42 Å². The molecule has 0 bridgehead atoms. The molecular formula is C11H13N5O4S. The molecule has 1 atom stereocenters. The number of aromatic nitrogens is 4. The van der Waals surface area contributed by atoms with Crippen LogP contribution in [0.3, 0.4) is 0 Å². The molecule has 1 aliphatic heterocycles. The third-order valence-corrected chi connectivity index (χ3v) is 5.11. The number of carboxylic acid groups (broad SMARTS) is 1. The van der Waals surface area contributed by atoms with Crippen molar-refractivity contribution >= 4 is 27.3 Å². The Morgan fingerprint density at radius 3 is 3.05 bits per heavy atom. The summed E-state index contributed by atoms with van der Waals surface area (Å²) in [5.74, 6) is -0.817. The molecule has 0 aromatic carbocycles. The van der Waals surface area contributed by atoms with Crippen molar-refractivity contribution in [2.24, 2.45) is 0 Å². The Morgan fingerprint density at radius 2 is 2.29 bits per heavy atom. The van der Waals surface area contributed by atoms with Crippen LogP contribution in [0.25, 0.3) is 5.65 Å². The second-order valence-corrected chi connectivity index (χ2v) is 7.10. The zero-order valence-corrected chi connectivity index (χ0v) is 11.8. The van der Waals surface area contributed by atoms with Crippen LogP contribution in [-0.4, -0.2) is 63.2 Å². The first-order valence-electron chi connectivity index (χ1n) is 6.29. The summed E-state index contributed by atoms with van der Waals surface area (Å²) in [6.45, 7) is 0.194. The van der Waals surface area contributed by atoms with Crippen molar-refractivity contribution in [2.75, 3.05) is 23.0 Å². The Morgan fingerprint density at radius 1 is 1.48 bits per heavy atom. The maximum Gasteiger partial charge on any atom is 0.305 e. The van der Waals surface area contributed by atoms with Crippen molar-refractivity contribution in [3.63, 3.8) is 0 Å². The van der Waals surface area contributed by atoms with Crippen LogP contribution in [0.4, 0.5) is 5.82 Å². The lowest BCUT2D eigenvalue weighted by Crippen LogP contribution is -2.50. The second-order valence-electron chi connectivity index (χ2n) is 4.87. The van der Waals surface area contributed by atoms with Crippen molar-refractivity contribution in [3.8, 4) is 0 Å². The minimum absolute atomic E-state index is 0.0278. The predicted octanol–water partition coefficient (Wildman–Crippen LogP) is -0.798. The SMILES string of the molecule is O=C(O)CC1CS(=O)(=O)CCN1c1nccn2cnnc12. The molecule has 9 nitrogen and oxygen atoms in total. The van der Waals surface area contributed by atoms with Gasteiger partial charge in [0.05, 0.1) is 24.0 Å². The van der Waals surface area contributed by atoms with Crippen molar-refractivity contribution < 1.29 is 18.3 Å². The fourth-order valence-corrected chi connectivity index (χ4v) is 4.01. The van der Waals surface area contributed by atoms with Gasteiger partial charge >= 0.3 is 5.97 Å². The molecule has 1 unspecified atom stereocenters. The zero-order valence-electron chi connectivity index (χ0n) is 11.0.